The highest BCUT2D eigenvalue weighted by atomic mass is 32.2. The van der Waals surface area contributed by atoms with Crippen molar-refractivity contribution >= 4 is 23.6 Å². The maximum Gasteiger partial charge on any atom is 0.240 e. The number of rotatable bonds is 4. The Morgan fingerprint density at radius 1 is 1.71 bits per heavy atom. The van der Waals surface area contributed by atoms with E-state index in [4.69, 9.17) is 5.73 Å². The van der Waals surface area contributed by atoms with E-state index in [0.29, 0.717) is 11.7 Å². The monoisotopic (exact) mass is 214 g/mol. The fraction of sp³-hybridized carbons (Fsp3) is 0.556. The number of allylic oxidation sites excluding steroid dienone is 1. The summed E-state index contributed by atoms with van der Waals surface area (Å²) in [6, 6.07) is -0.537. The minimum atomic E-state index is -0.537. The highest BCUT2D eigenvalue weighted by Gasteiger charge is 2.22. The molecule has 5 heteroatoms. The zero-order valence-corrected chi connectivity index (χ0v) is 8.84. The lowest BCUT2D eigenvalue weighted by Crippen LogP contribution is -2.44. The van der Waals surface area contributed by atoms with E-state index in [0.717, 1.165) is 6.42 Å². The van der Waals surface area contributed by atoms with E-state index in [1.807, 2.05) is 5.41 Å². The van der Waals surface area contributed by atoms with Crippen LogP contribution in [-0.2, 0) is 9.59 Å². The largest absolute Gasteiger partial charge is 0.368 e. The van der Waals surface area contributed by atoms with Gasteiger partial charge in [-0.05, 0) is 18.2 Å². The highest BCUT2D eigenvalue weighted by molar-refractivity contribution is 8.03. The Morgan fingerprint density at radius 2 is 2.43 bits per heavy atom. The summed E-state index contributed by atoms with van der Waals surface area (Å²) < 4.78 is 0. The van der Waals surface area contributed by atoms with Crippen LogP contribution in [0.1, 0.15) is 19.8 Å². The molecule has 4 nitrogen and oxygen atoms in total. The summed E-state index contributed by atoms with van der Waals surface area (Å²) in [5, 5.41) is 4.92. The molecule has 0 fully saturated rings. The van der Waals surface area contributed by atoms with Gasteiger partial charge in [-0.25, -0.2) is 0 Å². The molecule has 0 spiro atoms. The molecule has 1 heterocycles. The number of amides is 2. The van der Waals surface area contributed by atoms with Gasteiger partial charge < -0.3 is 11.1 Å². The summed E-state index contributed by atoms with van der Waals surface area (Å²) in [7, 11) is 0. The first kappa shape index (κ1) is 11.1. The molecule has 0 aromatic carbocycles. The second-order valence-corrected chi connectivity index (χ2v) is 4.47. The number of hydrogen-bond donors (Lipinski definition) is 2. The van der Waals surface area contributed by atoms with Crippen molar-refractivity contribution in [3.05, 3.63) is 11.5 Å². The third-order valence-electron chi connectivity index (χ3n) is 1.99. The minimum absolute atomic E-state index is 0.218. The van der Waals surface area contributed by atoms with Gasteiger partial charge in [0.15, 0.2) is 0 Å². The van der Waals surface area contributed by atoms with Crippen molar-refractivity contribution in [2.45, 2.75) is 31.1 Å². The number of nitrogens with two attached hydrogens (primary N) is 1. The molecule has 1 aliphatic rings. The molecule has 0 saturated heterocycles. The minimum Gasteiger partial charge on any atom is -0.368 e. The van der Waals surface area contributed by atoms with Gasteiger partial charge in [-0.1, -0.05) is 6.08 Å². The van der Waals surface area contributed by atoms with Crippen LogP contribution in [0.3, 0.4) is 0 Å². The van der Waals surface area contributed by atoms with E-state index in [-0.39, 0.29) is 5.91 Å². The fourth-order valence-corrected chi connectivity index (χ4v) is 2.31. The van der Waals surface area contributed by atoms with Crippen LogP contribution in [0.25, 0.3) is 0 Å². The smallest absolute Gasteiger partial charge is 0.240 e. The molecular formula is C9H14N2O2S. The molecule has 2 atom stereocenters. The average Bonchev–Trinajstić information content (AvgIpc) is 2.54. The molecule has 0 aromatic heterocycles. The van der Waals surface area contributed by atoms with Crippen LogP contribution in [0, 0.1) is 0 Å². The quantitative estimate of drug-likeness (QED) is 0.711. The Hall–Kier alpha value is -0.970. The third-order valence-corrected chi connectivity index (χ3v) is 3.11. The van der Waals surface area contributed by atoms with Gasteiger partial charge in [0.25, 0.3) is 0 Å². The summed E-state index contributed by atoms with van der Waals surface area (Å²) in [6.45, 7) is 1.38. The zero-order chi connectivity index (χ0) is 10.6. The summed E-state index contributed by atoms with van der Waals surface area (Å²) in [5.41, 5.74) is 5.18. The molecule has 0 aromatic rings. The number of hydrogen-bond acceptors (Lipinski definition) is 3. The Labute approximate surface area is 87.3 Å². The molecule has 0 bridgehead atoms. The second kappa shape index (κ2) is 5.05. The molecule has 0 aliphatic carbocycles. The Kier molecular flexibility index (Phi) is 4.00. The Morgan fingerprint density at radius 3 is 2.86 bits per heavy atom. The first-order valence-corrected chi connectivity index (χ1v) is 5.40. The van der Waals surface area contributed by atoms with E-state index in [1.54, 1.807) is 11.8 Å². The number of carbonyl (C=O) groups is 2. The van der Waals surface area contributed by atoms with Crippen molar-refractivity contribution in [2.24, 2.45) is 5.73 Å². The van der Waals surface area contributed by atoms with E-state index in [1.165, 1.54) is 6.92 Å². The molecule has 2 amide bonds. The van der Waals surface area contributed by atoms with Crippen LogP contribution in [0.4, 0.5) is 0 Å². The van der Waals surface area contributed by atoms with Crippen molar-refractivity contribution in [1.82, 2.24) is 5.32 Å². The van der Waals surface area contributed by atoms with Gasteiger partial charge in [0.05, 0.1) is 0 Å². The molecule has 78 valence electrons. The highest BCUT2D eigenvalue weighted by Crippen LogP contribution is 2.27. The number of thioether (sulfide) groups is 1. The van der Waals surface area contributed by atoms with Crippen LogP contribution < -0.4 is 11.1 Å². The van der Waals surface area contributed by atoms with Crippen molar-refractivity contribution in [3.63, 3.8) is 0 Å². The van der Waals surface area contributed by atoms with Crippen LogP contribution in [0.15, 0.2) is 11.5 Å². The van der Waals surface area contributed by atoms with Crippen molar-refractivity contribution < 1.29 is 9.59 Å². The van der Waals surface area contributed by atoms with E-state index < -0.39 is 11.9 Å². The number of carbonyl (C=O) groups excluding carboxylic acids is 2. The van der Waals surface area contributed by atoms with Crippen LogP contribution in [0.2, 0.25) is 0 Å². The van der Waals surface area contributed by atoms with Crippen LogP contribution >= 0.6 is 11.8 Å². The van der Waals surface area contributed by atoms with Crippen molar-refractivity contribution in [3.8, 4) is 0 Å². The predicted octanol–water partition coefficient (Wildman–Crippen LogP) is 0.386. The maximum atomic E-state index is 11.0. The Balaban J connectivity index is 2.42. The Bertz CT molecular complexity index is 258. The summed E-state index contributed by atoms with van der Waals surface area (Å²) >= 11 is 1.68. The van der Waals surface area contributed by atoms with Gasteiger partial charge in [-0.15, -0.1) is 11.8 Å². The third kappa shape index (κ3) is 3.41. The maximum absolute atomic E-state index is 11.0. The second-order valence-electron chi connectivity index (χ2n) is 3.26. The molecular weight excluding hydrogens is 200 g/mol. The standard InChI is InChI=1S/C9H14N2O2S/c1-6(12)11-8(9(10)13)5-7-3-2-4-14-7/h2,4,7-8H,3,5H2,1H3,(H2,10,13)(H,11,12)/t7?,8-/m0/s1. The lowest BCUT2D eigenvalue weighted by Gasteiger charge is -2.17. The zero-order valence-electron chi connectivity index (χ0n) is 8.03. The topological polar surface area (TPSA) is 72.2 Å². The first-order valence-electron chi connectivity index (χ1n) is 4.46. The van der Waals surface area contributed by atoms with Gasteiger partial charge >= 0.3 is 0 Å². The SMILES string of the molecule is CC(=O)N[C@@H](CC1CC=CS1)C(N)=O. The van der Waals surface area contributed by atoms with Gasteiger partial charge in [0.2, 0.25) is 11.8 Å². The number of primary amides is 1. The van der Waals surface area contributed by atoms with E-state index in [9.17, 15) is 9.59 Å². The van der Waals surface area contributed by atoms with Gasteiger partial charge in [-0.2, -0.15) is 0 Å². The normalized spacial score (nSPS) is 21.9. The summed E-state index contributed by atoms with van der Waals surface area (Å²) in [4.78, 5) is 21.8. The average molecular weight is 214 g/mol. The molecule has 3 N–H and O–H groups in total. The van der Waals surface area contributed by atoms with E-state index >= 15 is 0 Å². The van der Waals surface area contributed by atoms with Crippen LogP contribution in [0.5, 0.6) is 0 Å². The molecule has 1 unspecified atom stereocenters. The molecule has 14 heavy (non-hydrogen) atoms. The molecule has 1 aliphatic heterocycles. The van der Waals surface area contributed by atoms with Crippen LogP contribution in [-0.4, -0.2) is 23.1 Å². The van der Waals surface area contributed by atoms with Crippen molar-refractivity contribution in [1.29, 1.82) is 0 Å². The predicted molar refractivity (Wildman–Crippen MR) is 56.6 cm³/mol. The van der Waals surface area contributed by atoms with Crippen molar-refractivity contribution in [2.75, 3.05) is 0 Å². The molecule has 0 saturated carbocycles. The first-order chi connectivity index (χ1) is 6.59. The lowest BCUT2D eigenvalue weighted by molar-refractivity contribution is -0.126. The number of nitrogens with one attached hydrogen (secondary N) is 1. The molecule has 0 radical (unpaired) electrons. The summed E-state index contributed by atoms with van der Waals surface area (Å²) in [5.74, 6) is -0.683. The van der Waals surface area contributed by atoms with Gasteiger partial charge in [0.1, 0.15) is 6.04 Å². The van der Waals surface area contributed by atoms with Gasteiger partial charge in [-0.3, -0.25) is 9.59 Å². The lowest BCUT2D eigenvalue weighted by atomic mass is 10.1. The van der Waals surface area contributed by atoms with Gasteiger partial charge in [0, 0.05) is 12.2 Å². The fourth-order valence-electron chi connectivity index (χ4n) is 1.34. The summed E-state index contributed by atoms with van der Waals surface area (Å²) in [6.07, 6.45) is 3.60. The molecule has 1 rings (SSSR count). The van der Waals surface area contributed by atoms with E-state index in [2.05, 4.69) is 11.4 Å².